The summed E-state index contributed by atoms with van der Waals surface area (Å²) in [7, 11) is 1.60. The second kappa shape index (κ2) is 6.74. The zero-order valence-corrected chi connectivity index (χ0v) is 13.8. The Morgan fingerprint density at radius 1 is 1.21 bits per heavy atom. The minimum atomic E-state index is -0.176. The summed E-state index contributed by atoms with van der Waals surface area (Å²) >= 11 is 0. The molecule has 0 aliphatic carbocycles. The lowest BCUT2D eigenvalue weighted by molar-refractivity contribution is 0.0746. The van der Waals surface area contributed by atoms with Gasteiger partial charge in [-0.1, -0.05) is 6.07 Å². The fourth-order valence-electron chi connectivity index (χ4n) is 2.81. The maximum absolute atomic E-state index is 12.7. The molecule has 7 heteroatoms. The van der Waals surface area contributed by atoms with E-state index in [0.717, 1.165) is 5.56 Å². The molecule has 126 valence electrons. The first-order chi connectivity index (χ1) is 11.6. The molecule has 0 radical (unpaired) electrons. The van der Waals surface area contributed by atoms with Crippen LogP contribution < -0.4 is 15.2 Å². The smallest absolute Gasteiger partial charge is 0.254 e. The molecule has 1 aromatic carbocycles. The van der Waals surface area contributed by atoms with Crippen LogP contribution in [-0.4, -0.2) is 54.1 Å². The Morgan fingerprint density at radius 2 is 1.96 bits per heavy atom. The topological polar surface area (TPSA) is 78.5 Å². The molecular weight excluding hydrogens is 308 g/mol. The summed E-state index contributed by atoms with van der Waals surface area (Å²) in [5, 5.41) is 0. The largest absolute Gasteiger partial charge is 0.496 e. The molecule has 1 amide bonds. The molecule has 1 aliphatic rings. The quantitative estimate of drug-likeness (QED) is 0.911. The number of nitrogens with one attached hydrogen (secondary N) is 1. The standard InChI is InChI=1S/C17H20N4O3/c1-12-3-4-13(9-14(12)24-2)17(23)21-7-5-20(6-8-21)15-10-16(22)19-11-18-15/h3-4,9-11H,5-8H2,1-2H3,(H,18,19,22). The zero-order valence-electron chi connectivity index (χ0n) is 13.8. The molecule has 0 bridgehead atoms. The minimum Gasteiger partial charge on any atom is -0.496 e. The summed E-state index contributed by atoms with van der Waals surface area (Å²) in [4.78, 5) is 34.5. The number of methoxy groups -OCH3 is 1. The van der Waals surface area contributed by atoms with Crippen molar-refractivity contribution in [2.45, 2.75) is 6.92 Å². The number of ether oxygens (including phenoxy) is 1. The first-order valence-electron chi connectivity index (χ1n) is 7.82. The molecular formula is C17H20N4O3. The van der Waals surface area contributed by atoms with E-state index in [1.807, 2.05) is 28.9 Å². The number of aromatic nitrogens is 2. The number of nitrogens with zero attached hydrogens (tertiary/aromatic N) is 3. The third-order valence-corrected chi connectivity index (χ3v) is 4.21. The number of hydrogen-bond acceptors (Lipinski definition) is 5. The van der Waals surface area contributed by atoms with Crippen LogP contribution in [-0.2, 0) is 0 Å². The molecule has 1 N–H and O–H groups in total. The monoisotopic (exact) mass is 328 g/mol. The highest BCUT2D eigenvalue weighted by Crippen LogP contribution is 2.21. The molecule has 7 nitrogen and oxygen atoms in total. The van der Waals surface area contributed by atoms with Crippen LogP contribution >= 0.6 is 0 Å². The SMILES string of the molecule is COc1cc(C(=O)N2CCN(c3cc(=O)[nH]cn3)CC2)ccc1C. The number of carbonyl (C=O) groups excluding carboxylic acids is 1. The maximum atomic E-state index is 12.7. The lowest BCUT2D eigenvalue weighted by atomic mass is 10.1. The average Bonchev–Trinajstić information content (AvgIpc) is 2.62. The second-order valence-corrected chi connectivity index (χ2v) is 5.73. The number of benzene rings is 1. The molecule has 3 rings (SSSR count). The van der Waals surface area contributed by atoms with Gasteiger partial charge in [-0.2, -0.15) is 0 Å². The van der Waals surface area contributed by atoms with E-state index in [2.05, 4.69) is 9.97 Å². The van der Waals surface area contributed by atoms with E-state index in [1.54, 1.807) is 13.2 Å². The summed E-state index contributed by atoms with van der Waals surface area (Å²) in [6.07, 6.45) is 1.40. The molecule has 2 aromatic rings. The van der Waals surface area contributed by atoms with Crippen molar-refractivity contribution in [2.75, 3.05) is 38.2 Å². The Balaban J connectivity index is 1.68. The van der Waals surface area contributed by atoms with Crippen molar-refractivity contribution in [2.24, 2.45) is 0 Å². The number of amides is 1. The van der Waals surface area contributed by atoms with E-state index in [1.165, 1.54) is 12.4 Å². The van der Waals surface area contributed by atoms with Gasteiger partial charge in [-0.25, -0.2) is 4.98 Å². The van der Waals surface area contributed by atoms with E-state index in [4.69, 9.17) is 4.74 Å². The van der Waals surface area contributed by atoms with Crippen LogP contribution in [0.15, 0.2) is 35.4 Å². The first-order valence-corrected chi connectivity index (χ1v) is 7.82. The lowest BCUT2D eigenvalue weighted by Crippen LogP contribution is -2.49. The minimum absolute atomic E-state index is 0.00758. The molecule has 0 unspecified atom stereocenters. The first kappa shape index (κ1) is 16.0. The van der Waals surface area contributed by atoms with Gasteiger partial charge in [0.2, 0.25) is 0 Å². The van der Waals surface area contributed by atoms with Crippen LogP contribution in [0.25, 0.3) is 0 Å². The van der Waals surface area contributed by atoms with Gasteiger partial charge in [-0.15, -0.1) is 0 Å². The van der Waals surface area contributed by atoms with Gasteiger partial charge < -0.3 is 19.5 Å². The van der Waals surface area contributed by atoms with Gasteiger partial charge in [-0.3, -0.25) is 9.59 Å². The van der Waals surface area contributed by atoms with Gasteiger partial charge >= 0.3 is 0 Å². The number of aryl methyl sites for hydroxylation is 1. The van der Waals surface area contributed by atoms with Crippen LogP contribution in [0.5, 0.6) is 5.75 Å². The lowest BCUT2D eigenvalue weighted by Gasteiger charge is -2.35. The van der Waals surface area contributed by atoms with Crippen molar-refractivity contribution in [1.82, 2.24) is 14.9 Å². The number of H-pyrrole nitrogens is 1. The molecule has 1 aromatic heterocycles. The van der Waals surface area contributed by atoms with Crippen molar-refractivity contribution >= 4 is 11.7 Å². The van der Waals surface area contributed by atoms with Crippen LogP contribution in [0.2, 0.25) is 0 Å². The van der Waals surface area contributed by atoms with Gasteiger partial charge in [0.15, 0.2) is 0 Å². The highest BCUT2D eigenvalue weighted by molar-refractivity contribution is 5.95. The molecule has 24 heavy (non-hydrogen) atoms. The summed E-state index contributed by atoms with van der Waals surface area (Å²) < 4.78 is 5.29. The third-order valence-electron chi connectivity index (χ3n) is 4.21. The van der Waals surface area contributed by atoms with E-state index < -0.39 is 0 Å². The predicted molar refractivity (Wildman–Crippen MR) is 90.7 cm³/mol. The maximum Gasteiger partial charge on any atom is 0.254 e. The highest BCUT2D eigenvalue weighted by Gasteiger charge is 2.23. The predicted octanol–water partition coefficient (Wildman–Crippen LogP) is 1.05. The van der Waals surface area contributed by atoms with Gasteiger partial charge in [0.1, 0.15) is 11.6 Å². The van der Waals surface area contributed by atoms with Crippen LogP contribution in [0.3, 0.4) is 0 Å². The summed E-state index contributed by atoms with van der Waals surface area (Å²) in [6.45, 7) is 4.41. The molecule has 1 aliphatic heterocycles. The van der Waals surface area contributed by atoms with Crippen LogP contribution in [0.1, 0.15) is 15.9 Å². The summed E-state index contributed by atoms with van der Waals surface area (Å²) in [5.74, 6) is 1.35. The normalized spacial score (nSPS) is 14.6. The molecule has 1 fully saturated rings. The fraction of sp³-hybridized carbons (Fsp3) is 0.353. The molecule has 2 heterocycles. The number of rotatable bonds is 3. The van der Waals surface area contributed by atoms with E-state index in [-0.39, 0.29) is 11.5 Å². The number of aromatic amines is 1. The Bertz CT molecular complexity index is 794. The second-order valence-electron chi connectivity index (χ2n) is 5.73. The Labute approximate surface area is 139 Å². The number of anilines is 1. The number of carbonyl (C=O) groups is 1. The van der Waals surface area contributed by atoms with Gasteiger partial charge in [-0.05, 0) is 24.6 Å². The Morgan fingerprint density at radius 3 is 2.62 bits per heavy atom. The third kappa shape index (κ3) is 3.24. The molecule has 0 saturated carbocycles. The Kier molecular flexibility index (Phi) is 4.50. The van der Waals surface area contributed by atoms with E-state index >= 15 is 0 Å². The Hall–Kier alpha value is -2.83. The summed E-state index contributed by atoms with van der Waals surface area (Å²) in [6, 6.07) is 6.97. The van der Waals surface area contributed by atoms with Gasteiger partial charge in [0.05, 0.1) is 13.4 Å². The van der Waals surface area contributed by atoms with Crippen LogP contribution in [0.4, 0.5) is 5.82 Å². The number of hydrogen-bond donors (Lipinski definition) is 1. The number of piperazine rings is 1. The van der Waals surface area contributed by atoms with E-state index in [0.29, 0.717) is 43.3 Å². The van der Waals surface area contributed by atoms with Gasteiger partial charge in [0.25, 0.3) is 11.5 Å². The van der Waals surface area contributed by atoms with Crippen molar-refractivity contribution in [3.05, 3.63) is 52.1 Å². The highest BCUT2D eigenvalue weighted by atomic mass is 16.5. The molecule has 0 atom stereocenters. The average molecular weight is 328 g/mol. The van der Waals surface area contributed by atoms with Gasteiger partial charge in [0, 0.05) is 37.8 Å². The fourth-order valence-corrected chi connectivity index (χ4v) is 2.81. The molecule has 0 spiro atoms. The van der Waals surface area contributed by atoms with Crippen LogP contribution in [0, 0.1) is 6.92 Å². The van der Waals surface area contributed by atoms with Crippen molar-refractivity contribution in [3.8, 4) is 5.75 Å². The van der Waals surface area contributed by atoms with Crippen molar-refractivity contribution in [3.63, 3.8) is 0 Å². The van der Waals surface area contributed by atoms with Crippen molar-refractivity contribution < 1.29 is 9.53 Å². The summed E-state index contributed by atoms with van der Waals surface area (Å²) in [5.41, 5.74) is 1.45. The van der Waals surface area contributed by atoms with Crippen molar-refractivity contribution in [1.29, 1.82) is 0 Å². The van der Waals surface area contributed by atoms with E-state index in [9.17, 15) is 9.59 Å². The molecule has 1 saturated heterocycles. The zero-order chi connectivity index (χ0) is 17.1.